The van der Waals surface area contributed by atoms with Gasteiger partial charge in [-0.15, -0.1) is 0 Å². The molecule has 0 aromatic rings. The minimum atomic E-state index is -0.209. The van der Waals surface area contributed by atoms with Gasteiger partial charge in [0.15, 0.2) is 0 Å². The molecule has 0 unspecified atom stereocenters. The number of carbonyl (C=O) groups excluding carboxylic acids is 1. The van der Waals surface area contributed by atoms with Crippen LogP contribution in [0.2, 0.25) is 0 Å². The summed E-state index contributed by atoms with van der Waals surface area (Å²) < 4.78 is 5.46. The Labute approximate surface area is 141 Å². The van der Waals surface area contributed by atoms with Gasteiger partial charge in [-0.25, -0.2) is 4.79 Å². The number of nitrogens with zero attached hydrogens (tertiary/aromatic N) is 2. The molecule has 2 amide bonds. The van der Waals surface area contributed by atoms with E-state index < -0.39 is 0 Å². The van der Waals surface area contributed by atoms with Crippen molar-refractivity contribution >= 4 is 6.03 Å². The Balaban J connectivity index is 1.91. The highest BCUT2D eigenvalue weighted by molar-refractivity contribution is 5.74. The number of amides is 2. The van der Waals surface area contributed by atoms with E-state index in [0.29, 0.717) is 18.1 Å². The lowest BCUT2D eigenvalue weighted by Crippen LogP contribution is -2.49. The van der Waals surface area contributed by atoms with Gasteiger partial charge in [-0.3, -0.25) is 4.90 Å². The summed E-state index contributed by atoms with van der Waals surface area (Å²) >= 11 is 0. The fraction of sp³-hybridized carbons (Fsp3) is 0.944. The van der Waals surface area contributed by atoms with Crippen molar-refractivity contribution in [1.82, 2.24) is 15.1 Å². The standard InChI is InChI=1S/C18H35N3O2/c1-13(2)21-15-7-8-16(21)12-20(10-9-15)17(22)19-14(3)11-18(4,5)23-6/h13-16H,7-12H2,1-6H3,(H,19,22)/t14-,15-,16+/m1/s1. The molecule has 2 fully saturated rings. The molecular weight excluding hydrogens is 290 g/mol. The normalized spacial score (nSPS) is 27.2. The van der Waals surface area contributed by atoms with E-state index >= 15 is 0 Å². The number of fused-ring (bicyclic) bond motifs is 2. The first-order chi connectivity index (χ1) is 10.7. The van der Waals surface area contributed by atoms with Gasteiger partial charge in [0.2, 0.25) is 0 Å². The van der Waals surface area contributed by atoms with E-state index in [1.165, 1.54) is 12.8 Å². The highest BCUT2D eigenvalue weighted by atomic mass is 16.5. The van der Waals surface area contributed by atoms with Crippen LogP contribution >= 0.6 is 0 Å². The minimum Gasteiger partial charge on any atom is -0.379 e. The van der Waals surface area contributed by atoms with Gasteiger partial charge < -0.3 is 15.0 Å². The molecule has 0 saturated carbocycles. The summed E-state index contributed by atoms with van der Waals surface area (Å²) in [4.78, 5) is 17.3. The Morgan fingerprint density at radius 2 is 1.87 bits per heavy atom. The van der Waals surface area contributed by atoms with E-state index in [2.05, 4.69) is 44.8 Å². The topological polar surface area (TPSA) is 44.8 Å². The molecule has 0 aliphatic carbocycles. The number of hydrogen-bond donors (Lipinski definition) is 1. The van der Waals surface area contributed by atoms with Crippen molar-refractivity contribution in [2.24, 2.45) is 0 Å². The molecule has 0 radical (unpaired) electrons. The van der Waals surface area contributed by atoms with Crippen LogP contribution in [0, 0.1) is 0 Å². The van der Waals surface area contributed by atoms with E-state index in [9.17, 15) is 4.79 Å². The Morgan fingerprint density at radius 3 is 2.48 bits per heavy atom. The summed E-state index contributed by atoms with van der Waals surface area (Å²) in [7, 11) is 1.72. The van der Waals surface area contributed by atoms with Gasteiger partial charge in [0.25, 0.3) is 0 Å². The maximum absolute atomic E-state index is 12.6. The van der Waals surface area contributed by atoms with E-state index in [1.54, 1.807) is 7.11 Å². The van der Waals surface area contributed by atoms with Crippen molar-refractivity contribution in [3.05, 3.63) is 0 Å². The summed E-state index contributed by atoms with van der Waals surface area (Å²) in [5.74, 6) is 0. The first-order valence-corrected chi connectivity index (χ1v) is 9.11. The number of urea groups is 1. The summed E-state index contributed by atoms with van der Waals surface area (Å²) in [6.07, 6.45) is 4.42. The lowest BCUT2D eigenvalue weighted by atomic mass is 10.00. The average molecular weight is 325 g/mol. The van der Waals surface area contributed by atoms with Gasteiger partial charge >= 0.3 is 6.03 Å². The van der Waals surface area contributed by atoms with Gasteiger partial charge in [0, 0.05) is 44.4 Å². The third kappa shape index (κ3) is 4.60. The monoisotopic (exact) mass is 325 g/mol. The summed E-state index contributed by atoms with van der Waals surface area (Å²) in [6, 6.07) is 1.94. The molecule has 2 bridgehead atoms. The molecule has 2 aliphatic rings. The number of methoxy groups -OCH3 is 1. The van der Waals surface area contributed by atoms with Gasteiger partial charge in [-0.05, 0) is 60.3 Å². The summed E-state index contributed by atoms with van der Waals surface area (Å²) in [5.41, 5.74) is -0.209. The van der Waals surface area contributed by atoms with Crippen LogP contribution < -0.4 is 5.32 Å². The minimum absolute atomic E-state index is 0.0839. The van der Waals surface area contributed by atoms with Crippen LogP contribution in [0.1, 0.15) is 60.3 Å². The highest BCUT2D eigenvalue weighted by Gasteiger charge is 2.39. The van der Waals surface area contributed by atoms with E-state index in [4.69, 9.17) is 4.74 Å². The predicted octanol–water partition coefficient (Wildman–Crippen LogP) is 2.85. The van der Waals surface area contributed by atoms with Crippen LogP contribution in [-0.2, 0) is 4.74 Å². The van der Waals surface area contributed by atoms with E-state index in [-0.39, 0.29) is 17.7 Å². The van der Waals surface area contributed by atoms with Crippen LogP contribution in [-0.4, -0.2) is 65.8 Å². The van der Waals surface area contributed by atoms with E-state index in [0.717, 1.165) is 25.9 Å². The van der Waals surface area contributed by atoms with Crippen LogP contribution in [0.5, 0.6) is 0 Å². The SMILES string of the molecule is COC(C)(C)C[C@@H](C)NC(=O)N1CC[C@H]2CC[C@@H](C1)N2C(C)C. The Bertz CT molecular complexity index is 411. The molecular formula is C18H35N3O2. The molecule has 0 aromatic carbocycles. The van der Waals surface area contributed by atoms with Gasteiger partial charge in [-0.2, -0.15) is 0 Å². The zero-order valence-electron chi connectivity index (χ0n) is 15.8. The molecule has 5 heteroatoms. The van der Waals surface area contributed by atoms with E-state index in [1.807, 2.05) is 4.90 Å². The second-order valence-electron chi connectivity index (χ2n) is 8.18. The summed E-state index contributed by atoms with van der Waals surface area (Å²) in [6.45, 7) is 12.5. The Morgan fingerprint density at radius 1 is 1.22 bits per heavy atom. The lowest BCUT2D eigenvalue weighted by molar-refractivity contribution is 0.00910. The largest absolute Gasteiger partial charge is 0.379 e. The number of ether oxygens (including phenoxy) is 1. The molecule has 134 valence electrons. The van der Waals surface area contributed by atoms with Crippen molar-refractivity contribution in [3.63, 3.8) is 0 Å². The number of hydrogen-bond acceptors (Lipinski definition) is 3. The summed E-state index contributed by atoms with van der Waals surface area (Å²) in [5, 5.41) is 3.16. The van der Waals surface area contributed by atoms with Gasteiger partial charge in [0.1, 0.15) is 0 Å². The second kappa shape index (κ2) is 7.39. The fourth-order valence-electron chi connectivity index (χ4n) is 4.31. The molecule has 2 aliphatic heterocycles. The third-order valence-electron chi connectivity index (χ3n) is 5.44. The Hall–Kier alpha value is -0.810. The third-order valence-corrected chi connectivity index (χ3v) is 5.44. The number of rotatable bonds is 5. The van der Waals surface area contributed by atoms with Gasteiger partial charge in [-0.1, -0.05) is 0 Å². The molecule has 2 rings (SSSR count). The second-order valence-corrected chi connectivity index (χ2v) is 8.18. The smallest absolute Gasteiger partial charge is 0.317 e. The maximum Gasteiger partial charge on any atom is 0.317 e. The molecule has 5 nitrogen and oxygen atoms in total. The molecule has 23 heavy (non-hydrogen) atoms. The van der Waals surface area contributed by atoms with Crippen molar-refractivity contribution in [2.45, 2.75) is 90.1 Å². The van der Waals surface area contributed by atoms with Crippen molar-refractivity contribution < 1.29 is 9.53 Å². The Kier molecular flexibility index (Phi) is 5.95. The molecule has 1 N–H and O–H groups in total. The van der Waals surface area contributed by atoms with Crippen molar-refractivity contribution in [2.75, 3.05) is 20.2 Å². The molecule has 0 spiro atoms. The molecule has 2 saturated heterocycles. The van der Waals surface area contributed by atoms with Crippen LogP contribution in [0.4, 0.5) is 4.79 Å². The first-order valence-electron chi connectivity index (χ1n) is 9.11. The van der Waals surface area contributed by atoms with Crippen molar-refractivity contribution in [1.29, 1.82) is 0 Å². The molecule has 0 aromatic heterocycles. The number of carbonyl (C=O) groups is 1. The van der Waals surface area contributed by atoms with Crippen LogP contribution in [0.3, 0.4) is 0 Å². The highest BCUT2D eigenvalue weighted by Crippen LogP contribution is 2.32. The van der Waals surface area contributed by atoms with Crippen LogP contribution in [0.25, 0.3) is 0 Å². The average Bonchev–Trinajstić information content (AvgIpc) is 2.72. The number of likely N-dealkylation sites (tertiary alicyclic amines) is 1. The zero-order valence-corrected chi connectivity index (χ0v) is 15.8. The fourth-order valence-corrected chi connectivity index (χ4v) is 4.31. The van der Waals surface area contributed by atoms with Crippen molar-refractivity contribution in [3.8, 4) is 0 Å². The predicted molar refractivity (Wildman–Crippen MR) is 93.7 cm³/mol. The first kappa shape index (κ1) is 18.5. The number of nitrogens with one attached hydrogen (secondary N) is 1. The molecule has 3 atom stereocenters. The van der Waals surface area contributed by atoms with Gasteiger partial charge in [0.05, 0.1) is 5.60 Å². The molecule has 2 heterocycles. The quantitative estimate of drug-likeness (QED) is 0.845. The van der Waals surface area contributed by atoms with Crippen LogP contribution in [0.15, 0.2) is 0 Å². The zero-order chi connectivity index (χ0) is 17.2. The lowest BCUT2D eigenvalue weighted by Gasteiger charge is -2.32. The maximum atomic E-state index is 12.6.